The number of carboxylic acid groups (broad SMARTS) is 1. The molecular formula is C11H10N2O3. The molecule has 5 heteroatoms. The summed E-state index contributed by atoms with van der Waals surface area (Å²) in [5.74, 6) is -1.26. The van der Waals surface area contributed by atoms with E-state index in [1.165, 1.54) is 10.6 Å². The quantitative estimate of drug-likeness (QED) is 0.814. The Kier molecular flexibility index (Phi) is 2.44. The molecule has 2 heterocycles. The summed E-state index contributed by atoms with van der Waals surface area (Å²) in [5.41, 5.74) is 0.565. The first-order valence-electron chi connectivity index (χ1n) is 4.87. The van der Waals surface area contributed by atoms with Crippen molar-refractivity contribution in [3.05, 3.63) is 46.0 Å². The number of carbonyl (C=O) groups is 1. The molecule has 0 spiro atoms. The van der Waals surface area contributed by atoms with E-state index in [1.807, 2.05) is 13.0 Å². The maximum Gasteiger partial charge on any atom is 0.342 e. The molecule has 16 heavy (non-hydrogen) atoms. The van der Waals surface area contributed by atoms with Gasteiger partial charge in [0.15, 0.2) is 0 Å². The molecule has 2 rings (SSSR count). The average molecular weight is 218 g/mol. The third kappa shape index (κ3) is 1.46. The Bertz CT molecular complexity index is 616. The zero-order valence-corrected chi connectivity index (χ0v) is 8.67. The van der Waals surface area contributed by atoms with Crippen LogP contribution < -0.4 is 5.56 Å². The number of pyridine rings is 1. The first-order valence-corrected chi connectivity index (χ1v) is 4.87. The Morgan fingerprint density at radius 1 is 1.56 bits per heavy atom. The van der Waals surface area contributed by atoms with Crippen LogP contribution in [-0.4, -0.2) is 20.5 Å². The third-order valence-corrected chi connectivity index (χ3v) is 2.42. The van der Waals surface area contributed by atoms with Crippen molar-refractivity contribution >= 4 is 11.6 Å². The van der Waals surface area contributed by atoms with Crippen molar-refractivity contribution in [2.45, 2.75) is 13.3 Å². The monoisotopic (exact) mass is 218 g/mol. The second-order valence-corrected chi connectivity index (χ2v) is 3.36. The predicted octanol–water partition coefficient (Wildman–Crippen LogP) is 0.955. The number of fused-ring (bicyclic) bond motifs is 1. The molecule has 2 aromatic rings. The highest BCUT2D eigenvalue weighted by atomic mass is 16.4. The fraction of sp³-hybridized carbons (Fsp3) is 0.182. The molecule has 0 fully saturated rings. The maximum absolute atomic E-state index is 11.8. The summed E-state index contributed by atoms with van der Waals surface area (Å²) in [5, 5.41) is 8.80. The number of aromatic carboxylic acids is 1. The molecule has 0 atom stereocenters. The molecule has 0 unspecified atom stereocenters. The Hall–Kier alpha value is -2.17. The van der Waals surface area contributed by atoms with Gasteiger partial charge < -0.3 is 5.11 Å². The van der Waals surface area contributed by atoms with Crippen LogP contribution in [0.1, 0.15) is 22.8 Å². The minimum absolute atomic E-state index is 0.314. The van der Waals surface area contributed by atoms with Crippen LogP contribution in [0.15, 0.2) is 29.3 Å². The van der Waals surface area contributed by atoms with E-state index in [-0.39, 0.29) is 5.56 Å². The van der Waals surface area contributed by atoms with Crippen LogP contribution in [0.4, 0.5) is 0 Å². The molecule has 5 nitrogen and oxygen atoms in total. The summed E-state index contributed by atoms with van der Waals surface area (Å²) in [7, 11) is 0. The fourth-order valence-corrected chi connectivity index (χ4v) is 1.59. The lowest BCUT2D eigenvalue weighted by Crippen LogP contribution is -2.23. The molecule has 0 aliphatic heterocycles. The van der Waals surface area contributed by atoms with E-state index in [0.29, 0.717) is 5.65 Å². The van der Waals surface area contributed by atoms with E-state index < -0.39 is 11.5 Å². The molecule has 0 aliphatic rings. The number of hydrogen-bond acceptors (Lipinski definition) is 3. The largest absolute Gasteiger partial charge is 0.477 e. The number of nitrogens with zero attached hydrogens (tertiary/aromatic N) is 2. The second-order valence-electron chi connectivity index (χ2n) is 3.36. The molecule has 0 radical (unpaired) electrons. The Labute approximate surface area is 91.0 Å². The van der Waals surface area contributed by atoms with Gasteiger partial charge in [0, 0.05) is 12.4 Å². The van der Waals surface area contributed by atoms with E-state index in [4.69, 9.17) is 5.11 Å². The number of aromatic nitrogens is 2. The lowest BCUT2D eigenvalue weighted by atomic mass is 10.2. The summed E-state index contributed by atoms with van der Waals surface area (Å²) in [4.78, 5) is 26.6. The van der Waals surface area contributed by atoms with Crippen LogP contribution in [0.2, 0.25) is 0 Å². The molecule has 0 bridgehead atoms. The van der Waals surface area contributed by atoms with Gasteiger partial charge >= 0.3 is 5.97 Å². The van der Waals surface area contributed by atoms with Crippen LogP contribution >= 0.6 is 0 Å². The fourth-order valence-electron chi connectivity index (χ4n) is 1.59. The highest BCUT2D eigenvalue weighted by molar-refractivity contribution is 5.87. The number of carboxylic acids is 1. The van der Waals surface area contributed by atoms with Gasteiger partial charge in [-0.1, -0.05) is 13.0 Å². The Morgan fingerprint density at radius 3 is 2.94 bits per heavy atom. The van der Waals surface area contributed by atoms with Crippen LogP contribution in [0, 0.1) is 0 Å². The molecule has 1 N–H and O–H groups in total. The lowest BCUT2D eigenvalue weighted by molar-refractivity contribution is 0.0694. The SMILES string of the molecule is CCc1cccn2c(=O)c(C(=O)O)cnc12. The summed E-state index contributed by atoms with van der Waals surface area (Å²) in [6, 6.07) is 3.57. The van der Waals surface area contributed by atoms with E-state index in [1.54, 1.807) is 6.07 Å². The minimum Gasteiger partial charge on any atom is -0.477 e. The predicted molar refractivity (Wildman–Crippen MR) is 57.8 cm³/mol. The van der Waals surface area contributed by atoms with E-state index in [2.05, 4.69) is 4.98 Å². The van der Waals surface area contributed by atoms with Crippen molar-refractivity contribution in [1.29, 1.82) is 0 Å². The second kappa shape index (κ2) is 3.77. The van der Waals surface area contributed by atoms with Gasteiger partial charge in [-0.05, 0) is 18.1 Å². The van der Waals surface area contributed by atoms with Crippen molar-refractivity contribution in [3.8, 4) is 0 Å². The van der Waals surface area contributed by atoms with E-state index >= 15 is 0 Å². The average Bonchev–Trinajstić information content (AvgIpc) is 2.28. The molecule has 0 amide bonds. The van der Waals surface area contributed by atoms with Gasteiger partial charge in [0.05, 0.1) is 0 Å². The normalized spacial score (nSPS) is 10.6. The summed E-state index contributed by atoms with van der Waals surface area (Å²) < 4.78 is 1.27. The smallest absolute Gasteiger partial charge is 0.342 e. The van der Waals surface area contributed by atoms with Crippen molar-refractivity contribution in [1.82, 2.24) is 9.38 Å². The first-order chi connectivity index (χ1) is 7.65. The molecule has 0 aromatic carbocycles. The number of rotatable bonds is 2. The van der Waals surface area contributed by atoms with Gasteiger partial charge in [-0.15, -0.1) is 0 Å². The molecular weight excluding hydrogens is 208 g/mol. The van der Waals surface area contributed by atoms with Crippen molar-refractivity contribution in [2.24, 2.45) is 0 Å². The Morgan fingerprint density at radius 2 is 2.31 bits per heavy atom. The molecule has 2 aromatic heterocycles. The number of hydrogen-bond donors (Lipinski definition) is 1. The first kappa shape index (κ1) is 10.4. The third-order valence-electron chi connectivity index (χ3n) is 2.42. The molecule has 0 saturated carbocycles. The minimum atomic E-state index is -1.26. The van der Waals surface area contributed by atoms with Crippen LogP contribution in [0.5, 0.6) is 0 Å². The standard InChI is InChI=1S/C11H10N2O3/c1-2-7-4-3-5-13-9(7)12-6-8(10(13)14)11(15)16/h3-6H,2H2,1H3,(H,15,16). The number of aryl methyl sites for hydroxylation is 1. The van der Waals surface area contributed by atoms with Crippen molar-refractivity contribution in [2.75, 3.05) is 0 Å². The van der Waals surface area contributed by atoms with Crippen LogP contribution in [0.25, 0.3) is 5.65 Å². The summed E-state index contributed by atoms with van der Waals surface area (Å²) in [6.45, 7) is 1.95. The maximum atomic E-state index is 11.8. The lowest BCUT2D eigenvalue weighted by Gasteiger charge is -2.04. The van der Waals surface area contributed by atoms with E-state index in [9.17, 15) is 9.59 Å². The van der Waals surface area contributed by atoms with Gasteiger partial charge in [-0.2, -0.15) is 0 Å². The van der Waals surface area contributed by atoms with Gasteiger partial charge in [0.25, 0.3) is 5.56 Å². The zero-order chi connectivity index (χ0) is 11.7. The Balaban J connectivity index is 2.87. The zero-order valence-electron chi connectivity index (χ0n) is 8.67. The van der Waals surface area contributed by atoms with Gasteiger partial charge in [0.2, 0.25) is 0 Å². The molecule has 82 valence electrons. The summed E-state index contributed by atoms with van der Waals surface area (Å²) in [6.07, 6.45) is 3.37. The molecule has 0 aliphatic carbocycles. The van der Waals surface area contributed by atoms with Gasteiger partial charge in [-0.3, -0.25) is 9.20 Å². The van der Waals surface area contributed by atoms with Crippen LogP contribution in [-0.2, 0) is 6.42 Å². The van der Waals surface area contributed by atoms with Gasteiger partial charge in [-0.25, -0.2) is 9.78 Å². The molecule has 0 saturated heterocycles. The summed E-state index contributed by atoms with van der Waals surface area (Å²) >= 11 is 0. The highest BCUT2D eigenvalue weighted by Gasteiger charge is 2.12. The highest BCUT2D eigenvalue weighted by Crippen LogP contribution is 2.07. The van der Waals surface area contributed by atoms with Crippen LogP contribution in [0.3, 0.4) is 0 Å². The topological polar surface area (TPSA) is 71.7 Å². The van der Waals surface area contributed by atoms with Crippen molar-refractivity contribution in [3.63, 3.8) is 0 Å². The van der Waals surface area contributed by atoms with Crippen molar-refractivity contribution < 1.29 is 9.90 Å². The van der Waals surface area contributed by atoms with Gasteiger partial charge in [0.1, 0.15) is 11.2 Å². The van der Waals surface area contributed by atoms with E-state index in [0.717, 1.165) is 18.2 Å².